The van der Waals surface area contributed by atoms with Crippen molar-refractivity contribution in [2.75, 3.05) is 43.9 Å². The normalized spacial score (nSPS) is 15.0. The third kappa shape index (κ3) is 5.38. The van der Waals surface area contributed by atoms with Crippen LogP contribution in [0.1, 0.15) is 27.0 Å². The number of benzene rings is 2. The minimum Gasteiger partial charge on any atom is -0.379 e. The van der Waals surface area contributed by atoms with Crippen molar-refractivity contribution >= 4 is 21.6 Å². The molecule has 1 aliphatic heterocycles. The number of nitrogens with one attached hydrogen (secondary N) is 1. The molecule has 0 radical (unpaired) electrons. The van der Waals surface area contributed by atoms with Gasteiger partial charge in [0.05, 0.1) is 25.2 Å². The average molecular weight is 432 g/mol. The van der Waals surface area contributed by atoms with Gasteiger partial charge in [-0.05, 0) is 35.7 Å². The molecular weight excluding hydrogens is 402 g/mol. The van der Waals surface area contributed by atoms with Crippen molar-refractivity contribution in [2.24, 2.45) is 0 Å². The number of nitrogens with zero attached hydrogens (tertiary/aromatic N) is 2. The number of ether oxygens (including phenoxy) is 1. The Labute approximate surface area is 178 Å². The van der Waals surface area contributed by atoms with Gasteiger partial charge in [-0.2, -0.15) is 0 Å². The van der Waals surface area contributed by atoms with Crippen molar-refractivity contribution in [1.82, 2.24) is 10.2 Å². The van der Waals surface area contributed by atoms with Crippen molar-refractivity contribution in [3.8, 4) is 0 Å². The number of sulfonamides is 1. The maximum atomic E-state index is 12.9. The first-order chi connectivity index (χ1) is 14.3. The number of carbonyl (C=O) groups excluding carboxylic acids is 1. The predicted octanol–water partition coefficient (Wildman–Crippen LogP) is 2.15. The largest absolute Gasteiger partial charge is 0.379 e. The summed E-state index contributed by atoms with van der Waals surface area (Å²) < 4.78 is 30.4. The van der Waals surface area contributed by atoms with Gasteiger partial charge in [0.2, 0.25) is 10.0 Å². The number of amides is 1. The molecule has 1 fully saturated rings. The van der Waals surface area contributed by atoms with Gasteiger partial charge < -0.3 is 10.1 Å². The predicted molar refractivity (Wildman–Crippen MR) is 118 cm³/mol. The zero-order valence-corrected chi connectivity index (χ0v) is 18.5. The minimum absolute atomic E-state index is 0.225. The molecule has 0 bridgehead atoms. The van der Waals surface area contributed by atoms with E-state index in [1.54, 1.807) is 25.1 Å². The third-order valence-electron chi connectivity index (χ3n) is 5.44. The molecule has 0 aliphatic carbocycles. The lowest BCUT2D eigenvalue weighted by atomic mass is 10.0. The molecule has 3 rings (SSSR count). The number of carbonyl (C=O) groups is 1. The molecule has 2 aromatic carbocycles. The molecule has 7 nitrogen and oxygen atoms in total. The number of rotatable bonds is 7. The van der Waals surface area contributed by atoms with E-state index in [-0.39, 0.29) is 5.91 Å². The van der Waals surface area contributed by atoms with Crippen LogP contribution in [0, 0.1) is 6.92 Å². The molecule has 1 saturated heterocycles. The van der Waals surface area contributed by atoms with Crippen LogP contribution < -0.4 is 9.62 Å². The summed E-state index contributed by atoms with van der Waals surface area (Å²) in [7, 11) is -1.92. The monoisotopic (exact) mass is 431 g/mol. The third-order valence-corrected chi connectivity index (χ3v) is 6.63. The Morgan fingerprint density at radius 1 is 1.10 bits per heavy atom. The summed E-state index contributed by atoms with van der Waals surface area (Å²) in [5, 5.41) is 2.99. The fourth-order valence-corrected chi connectivity index (χ4v) is 4.10. The van der Waals surface area contributed by atoms with Crippen molar-refractivity contribution in [2.45, 2.75) is 20.0 Å². The molecule has 0 spiro atoms. The van der Waals surface area contributed by atoms with Gasteiger partial charge in [-0.25, -0.2) is 8.42 Å². The van der Waals surface area contributed by atoms with Gasteiger partial charge in [-0.1, -0.05) is 30.3 Å². The van der Waals surface area contributed by atoms with E-state index in [2.05, 4.69) is 16.3 Å². The lowest BCUT2D eigenvalue weighted by Gasteiger charge is -2.27. The van der Waals surface area contributed by atoms with E-state index in [1.807, 2.05) is 18.2 Å². The summed E-state index contributed by atoms with van der Waals surface area (Å²) in [4.78, 5) is 15.2. The molecule has 0 atom stereocenters. The van der Waals surface area contributed by atoms with E-state index in [0.29, 0.717) is 23.4 Å². The fourth-order valence-electron chi connectivity index (χ4n) is 3.54. The summed E-state index contributed by atoms with van der Waals surface area (Å²) in [6, 6.07) is 13.2. The van der Waals surface area contributed by atoms with Crippen LogP contribution in [0.2, 0.25) is 0 Å². The first-order valence-electron chi connectivity index (χ1n) is 9.96. The number of hydrogen-bond acceptors (Lipinski definition) is 5. The molecule has 0 aromatic heterocycles. The van der Waals surface area contributed by atoms with Crippen molar-refractivity contribution < 1.29 is 17.9 Å². The van der Waals surface area contributed by atoms with Crippen molar-refractivity contribution in [3.63, 3.8) is 0 Å². The number of anilines is 1. The van der Waals surface area contributed by atoms with E-state index in [9.17, 15) is 13.2 Å². The summed E-state index contributed by atoms with van der Waals surface area (Å²) in [5.74, 6) is -0.225. The Balaban J connectivity index is 1.72. The molecular formula is C22H29N3O4S. The second-order valence-corrected chi connectivity index (χ2v) is 9.53. The topological polar surface area (TPSA) is 79.0 Å². The second kappa shape index (κ2) is 9.59. The zero-order chi connectivity index (χ0) is 21.7. The van der Waals surface area contributed by atoms with Gasteiger partial charge in [0.25, 0.3) is 5.91 Å². The Kier molecular flexibility index (Phi) is 7.12. The van der Waals surface area contributed by atoms with E-state index < -0.39 is 10.0 Å². The van der Waals surface area contributed by atoms with Crippen molar-refractivity contribution in [1.29, 1.82) is 0 Å². The summed E-state index contributed by atoms with van der Waals surface area (Å²) in [6.45, 7) is 6.29. The van der Waals surface area contributed by atoms with Crippen LogP contribution in [0.3, 0.4) is 0 Å². The highest BCUT2D eigenvalue weighted by Crippen LogP contribution is 2.24. The average Bonchev–Trinajstić information content (AvgIpc) is 2.72. The highest BCUT2D eigenvalue weighted by molar-refractivity contribution is 7.92. The summed E-state index contributed by atoms with van der Waals surface area (Å²) in [5.41, 5.74) is 3.84. The Morgan fingerprint density at radius 3 is 2.43 bits per heavy atom. The van der Waals surface area contributed by atoms with E-state index in [0.717, 1.165) is 44.7 Å². The SMILES string of the molecule is Cc1c(C(=O)NCc2ccccc2CN2CCOCC2)cccc1N(C)S(C)(=O)=O. The van der Waals surface area contributed by atoms with Crippen molar-refractivity contribution in [3.05, 3.63) is 64.7 Å². The maximum absolute atomic E-state index is 12.9. The van der Waals surface area contributed by atoms with Crippen LogP contribution in [0.15, 0.2) is 42.5 Å². The Hall–Kier alpha value is -2.42. The molecule has 8 heteroatoms. The van der Waals surface area contributed by atoms with Crippen LogP contribution in [-0.2, 0) is 27.8 Å². The highest BCUT2D eigenvalue weighted by Gasteiger charge is 2.19. The van der Waals surface area contributed by atoms with Gasteiger partial charge in [0.1, 0.15) is 0 Å². The lowest BCUT2D eigenvalue weighted by Crippen LogP contribution is -2.36. The molecule has 162 valence electrons. The van der Waals surface area contributed by atoms with Gasteiger partial charge in [0, 0.05) is 38.8 Å². The first kappa shape index (κ1) is 22.3. The summed E-state index contributed by atoms with van der Waals surface area (Å²) >= 11 is 0. The van der Waals surface area contributed by atoms with Gasteiger partial charge >= 0.3 is 0 Å². The minimum atomic E-state index is -3.41. The van der Waals surface area contributed by atoms with Gasteiger partial charge in [-0.15, -0.1) is 0 Å². The Morgan fingerprint density at radius 2 is 1.77 bits per heavy atom. The van der Waals surface area contributed by atoms with E-state index >= 15 is 0 Å². The quantitative estimate of drug-likeness (QED) is 0.727. The molecule has 1 N–H and O–H groups in total. The molecule has 0 unspecified atom stereocenters. The van der Waals surface area contributed by atoms with E-state index in [1.165, 1.54) is 16.9 Å². The molecule has 0 saturated carbocycles. The fraction of sp³-hybridized carbons (Fsp3) is 0.409. The highest BCUT2D eigenvalue weighted by atomic mass is 32.2. The molecule has 30 heavy (non-hydrogen) atoms. The van der Waals surface area contributed by atoms with E-state index in [4.69, 9.17) is 4.74 Å². The van der Waals surface area contributed by atoms with Gasteiger partial charge in [0.15, 0.2) is 0 Å². The van der Waals surface area contributed by atoms with Crippen LogP contribution in [0.4, 0.5) is 5.69 Å². The molecule has 1 amide bonds. The first-order valence-corrected chi connectivity index (χ1v) is 11.8. The second-order valence-electron chi connectivity index (χ2n) is 7.52. The maximum Gasteiger partial charge on any atom is 0.251 e. The summed E-state index contributed by atoms with van der Waals surface area (Å²) in [6.07, 6.45) is 1.14. The smallest absolute Gasteiger partial charge is 0.251 e. The van der Waals surface area contributed by atoms with Crippen LogP contribution >= 0.6 is 0 Å². The Bertz CT molecular complexity index is 1000. The van der Waals surface area contributed by atoms with Gasteiger partial charge in [-0.3, -0.25) is 14.0 Å². The molecule has 1 aliphatic rings. The number of hydrogen-bond donors (Lipinski definition) is 1. The zero-order valence-electron chi connectivity index (χ0n) is 17.7. The molecule has 2 aromatic rings. The molecule has 1 heterocycles. The lowest BCUT2D eigenvalue weighted by molar-refractivity contribution is 0.0340. The van der Waals surface area contributed by atoms with Crippen LogP contribution in [0.25, 0.3) is 0 Å². The van der Waals surface area contributed by atoms with Crippen LogP contribution in [-0.4, -0.2) is 58.8 Å². The number of morpholine rings is 1. The van der Waals surface area contributed by atoms with Crippen LogP contribution in [0.5, 0.6) is 0 Å². The standard InChI is InChI=1S/C22H29N3O4S/c1-17-20(9-6-10-21(17)24(2)30(3,27)28)22(26)23-15-18-7-4-5-8-19(18)16-25-11-13-29-14-12-25/h4-10H,11-16H2,1-3H3,(H,23,26).